The van der Waals surface area contributed by atoms with Crippen LogP contribution in [0.15, 0.2) is 48.5 Å². The van der Waals surface area contributed by atoms with E-state index in [0.717, 1.165) is 11.1 Å². The summed E-state index contributed by atoms with van der Waals surface area (Å²) in [6.07, 6.45) is 0. The summed E-state index contributed by atoms with van der Waals surface area (Å²) in [5.74, 6) is -1.31. The number of anilines is 1. The number of carbonyl (C=O) groups is 3. The van der Waals surface area contributed by atoms with Gasteiger partial charge in [-0.2, -0.15) is 0 Å². The quantitative estimate of drug-likeness (QED) is 0.622. The largest absolute Gasteiger partial charge is 0.350 e. The highest BCUT2D eigenvalue weighted by atomic mass is 35.5. The van der Waals surface area contributed by atoms with E-state index in [1.807, 2.05) is 12.1 Å². The monoisotopic (exact) mass is 401 g/mol. The minimum Gasteiger partial charge on any atom is -0.350 e. The number of halogens is 1. The van der Waals surface area contributed by atoms with E-state index in [-0.39, 0.29) is 6.54 Å². The van der Waals surface area contributed by atoms with Gasteiger partial charge in [0.15, 0.2) is 6.04 Å². The van der Waals surface area contributed by atoms with Crippen LogP contribution in [0.5, 0.6) is 0 Å². The van der Waals surface area contributed by atoms with Crippen LogP contribution in [-0.2, 0) is 20.9 Å². The molecule has 1 unspecified atom stereocenters. The molecule has 6 nitrogen and oxygen atoms in total. The van der Waals surface area contributed by atoms with Crippen molar-refractivity contribution < 1.29 is 14.4 Å². The van der Waals surface area contributed by atoms with E-state index >= 15 is 0 Å². The molecule has 2 aromatic carbocycles. The SMILES string of the molecule is CC(=O)NC(C(=O)NCc1ccc(Cl)cc1)C(=O)Nc1ccc(C(C)C)cc1. The second kappa shape index (κ2) is 9.90. The first-order chi connectivity index (χ1) is 13.3. The van der Waals surface area contributed by atoms with E-state index in [1.165, 1.54) is 6.92 Å². The first-order valence-electron chi connectivity index (χ1n) is 8.96. The van der Waals surface area contributed by atoms with Gasteiger partial charge in [0, 0.05) is 24.2 Å². The Morgan fingerprint density at radius 1 is 0.929 bits per heavy atom. The third kappa shape index (κ3) is 6.39. The number of hydrogen-bond donors (Lipinski definition) is 3. The first kappa shape index (κ1) is 21.4. The second-order valence-electron chi connectivity index (χ2n) is 6.74. The maximum Gasteiger partial charge on any atom is 0.256 e. The van der Waals surface area contributed by atoms with Crippen LogP contribution < -0.4 is 16.0 Å². The Labute approximate surface area is 169 Å². The van der Waals surface area contributed by atoms with E-state index < -0.39 is 23.8 Å². The lowest BCUT2D eigenvalue weighted by molar-refractivity contribution is -0.134. The standard InChI is InChI=1S/C21H24ClN3O3/c1-13(2)16-6-10-18(11-7-16)25-21(28)19(24-14(3)26)20(27)23-12-15-4-8-17(22)9-5-15/h4-11,13,19H,12H2,1-3H3,(H,23,27)(H,24,26)(H,25,28). The van der Waals surface area contributed by atoms with Crippen molar-refractivity contribution in [2.24, 2.45) is 0 Å². The predicted octanol–water partition coefficient (Wildman–Crippen LogP) is 3.22. The van der Waals surface area contributed by atoms with Gasteiger partial charge in [-0.25, -0.2) is 0 Å². The fraction of sp³-hybridized carbons (Fsp3) is 0.286. The van der Waals surface area contributed by atoms with Crippen molar-refractivity contribution in [2.45, 2.75) is 39.3 Å². The van der Waals surface area contributed by atoms with Crippen molar-refractivity contribution in [1.82, 2.24) is 10.6 Å². The van der Waals surface area contributed by atoms with Gasteiger partial charge in [0.1, 0.15) is 0 Å². The predicted molar refractivity (Wildman–Crippen MR) is 110 cm³/mol. The molecule has 0 fully saturated rings. The van der Waals surface area contributed by atoms with E-state index in [4.69, 9.17) is 11.6 Å². The van der Waals surface area contributed by atoms with E-state index in [0.29, 0.717) is 16.6 Å². The summed E-state index contributed by atoms with van der Waals surface area (Å²) in [7, 11) is 0. The van der Waals surface area contributed by atoms with Crippen LogP contribution in [0.4, 0.5) is 5.69 Å². The summed E-state index contributed by atoms with van der Waals surface area (Å²) in [5, 5.41) is 8.31. The van der Waals surface area contributed by atoms with Crippen LogP contribution in [-0.4, -0.2) is 23.8 Å². The highest BCUT2D eigenvalue weighted by Crippen LogP contribution is 2.17. The normalized spacial score (nSPS) is 11.6. The third-order valence-electron chi connectivity index (χ3n) is 4.10. The molecule has 0 aromatic heterocycles. The lowest BCUT2D eigenvalue weighted by atomic mass is 10.0. The average Bonchev–Trinajstić information content (AvgIpc) is 2.65. The topological polar surface area (TPSA) is 87.3 Å². The molecule has 28 heavy (non-hydrogen) atoms. The van der Waals surface area contributed by atoms with Crippen molar-refractivity contribution >= 4 is 35.0 Å². The van der Waals surface area contributed by atoms with Gasteiger partial charge < -0.3 is 16.0 Å². The molecule has 0 radical (unpaired) electrons. The molecule has 0 aliphatic carbocycles. The minimum absolute atomic E-state index is 0.211. The number of rotatable bonds is 7. The summed E-state index contributed by atoms with van der Waals surface area (Å²) >= 11 is 5.84. The molecule has 1 atom stereocenters. The number of hydrogen-bond acceptors (Lipinski definition) is 3. The fourth-order valence-corrected chi connectivity index (χ4v) is 2.64. The number of nitrogens with one attached hydrogen (secondary N) is 3. The molecule has 2 rings (SSSR count). The molecule has 0 aliphatic rings. The van der Waals surface area contributed by atoms with Crippen LogP contribution in [0.25, 0.3) is 0 Å². The van der Waals surface area contributed by atoms with Crippen LogP contribution >= 0.6 is 11.6 Å². The van der Waals surface area contributed by atoms with Gasteiger partial charge >= 0.3 is 0 Å². The lowest BCUT2D eigenvalue weighted by Crippen LogP contribution is -2.52. The number of carbonyl (C=O) groups excluding carboxylic acids is 3. The van der Waals surface area contributed by atoms with Gasteiger partial charge in [0.25, 0.3) is 11.8 Å². The minimum atomic E-state index is -1.34. The Bertz CT molecular complexity index is 833. The highest BCUT2D eigenvalue weighted by molar-refractivity contribution is 6.30. The van der Waals surface area contributed by atoms with Gasteiger partial charge in [-0.3, -0.25) is 14.4 Å². The van der Waals surface area contributed by atoms with Crippen molar-refractivity contribution in [1.29, 1.82) is 0 Å². The summed E-state index contributed by atoms with van der Waals surface area (Å²) < 4.78 is 0. The third-order valence-corrected chi connectivity index (χ3v) is 4.35. The van der Waals surface area contributed by atoms with Crippen molar-refractivity contribution in [3.63, 3.8) is 0 Å². The zero-order chi connectivity index (χ0) is 20.7. The van der Waals surface area contributed by atoms with Crippen molar-refractivity contribution in [3.8, 4) is 0 Å². The summed E-state index contributed by atoms with van der Waals surface area (Å²) in [4.78, 5) is 36.5. The van der Waals surface area contributed by atoms with Crippen LogP contribution in [0, 0.1) is 0 Å². The molecule has 148 valence electrons. The van der Waals surface area contributed by atoms with Crippen molar-refractivity contribution in [3.05, 3.63) is 64.7 Å². The van der Waals surface area contributed by atoms with Crippen LogP contribution in [0.2, 0.25) is 5.02 Å². The molecule has 0 saturated carbocycles. The fourth-order valence-electron chi connectivity index (χ4n) is 2.51. The maximum atomic E-state index is 12.6. The lowest BCUT2D eigenvalue weighted by Gasteiger charge is -2.18. The molecule has 0 bridgehead atoms. The van der Waals surface area contributed by atoms with E-state index in [1.54, 1.807) is 36.4 Å². The molecule has 2 aromatic rings. The highest BCUT2D eigenvalue weighted by Gasteiger charge is 2.27. The van der Waals surface area contributed by atoms with Crippen LogP contribution in [0.3, 0.4) is 0 Å². The molecular formula is C21H24ClN3O3. The Morgan fingerprint density at radius 3 is 2.07 bits per heavy atom. The first-order valence-corrected chi connectivity index (χ1v) is 9.34. The Morgan fingerprint density at radius 2 is 1.54 bits per heavy atom. The number of amides is 3. The molecule has 7 heteroatoms. The smallest absolute Gasteiger partial charge is 0.256 e. The van der Waals surface area contributed by atoms with Gasteiger partial charge in [-0.05, 0) is 41.3 Å². The summed E-state index contributed by atoms with van der Waals surface area (Å²) in [6, 6.07) is 13.0. The Kier molecular flexibility index (Phi) is 7.58. The van der Waals surface area contributed by atoms with E-state index in [2.05, 4.69) is 29.8 Å². The van der Waals surface area contributed by atoms with E-state index in [9.17, 15) is 14.4 Å². The summed E-state index contributed by atoms with van der Waals surface area (Å²) in [6.45, 7) is 5.61. The van der Waals surface area contributed by atoms with Gasteiger partial charge in [-0.1, -0.05) is 49.7 Å². The average molecular weight is 402 g/mol. The molecule has 0 spiro atoms. The molecule has 0 saturated heterocycles. The van der Waals surface area contributed by atoms with Gasteiger partial charge in [-0.15, -0.1) is 0 Å². The van der Waals surface area contributed by atoms with Gasteiger partial charge in [0.05, 0.1) is 0 Å². The maximum absolute atomic E-state index is 12.6. The Balaban J connectivity index is 2.03. The zero-order valence-electron chi connectivity index (χ0n) is 16.1. The van der Waals surface area contributed by atoms with Crippen LogP contribution in [0.1, 0.15) is 37.8 Å². The summed E-state index contributed by atoms with van der Waals surface area (Å²) in [5.41, 5.74) is 2.51. The second-order valence-corrected chi connectivity index (χ2v) is 7.18. The molecule has 3 N–H and O–H groups in total. The molecule has 3 amide bonds. The Hall–Kier alpha value is -2.86. The van der Waals surface area contributed by atoms with Crippen molar-refractivity contribution in [2.75, 3.05) is 5.32 Å². The zero-order valence-corrected chi connectivity index (χ0v) is 16.8. The van der Waals surface area contributed by atoms with Gasteiger partial charge in [0.2, 0.25) is 5.91 Å². The molecule has 0 heterocycles. The molecule has 0 aliphatic heterocycles. The number of benzene rings is 2. The molecular weight excluding hydrogens is 378 g/mol.